The summed E-state index contributed by atoms with van der Waals surface area (Å²) in [4.78, 5) is 0. The lowest BCUT2D eigenvalue weighted by molar-refractivity contribution is 0.479. The minimum Gasteiger partial charge on any atom is -0.286 e. The quantitative estimate of drug-likeness (QED) is 0.261. The average Bonchev–Trinajstić information content (AvgIpc) is 2.45. The summed E-state index contributed by atoms with van der Waals surface area (Å²) in [5.74, 6) is -0.120. The van der Waals surface area contributed by atoms with Crippen LogP contribution >= 0.6 is 0 Å². The lowest BCUT2D eigenvalue weighted by Gasteiger charge is -1.96. The highest BCUT2D eigenvalue weighted by Crippen LogP contribution is 2.03. The molecular formula is C18H32O3S. The summed E-state index contributed by atoms with van der Waals surface area (Å²) in [6.45, 7) is 2.22. The smallest absolute Gasteiger partial charge is 0.264 e. The van der Waals surface area contributed by atoms with Crippen molar-refractivity contribution in [3.8, 4) is 0 Å². The molecule has 128 valence electrons. The molecule has 0 aromatic rings. The van der Waals surface area contributed by atoms with E-state index in [1.165, 1.54) is 25.7 Å². The van der Waals surface area contributed by atoms with Crippen LogP contribution in [0.2, 0.25) is 0 Å². The fraction of sp³-hybridized carbons (Fsp3) is 0.667. The molecule has 0 aliphatic rings. The fourth-order valence-corrected chi connectivity index (χ4v) is 2.58. The summed E-state index contributed by atoms with van der Waals surface area (Å²) in [7, 11) is -3.78. The van der Waals surface area contributed by atoms with Gasteiger partial charge in [-0.15, -0.1) is 0 Å². The Morgan fingerprint density at radius 3 is 1.73 bits per heavy atom. The highest BCUT2D eigenvalue weighted by molar-refractivity contribution is 7.85. The van der Waals surface area contributed by atoms with Crippen molar-refractivity contribution in [3.63, 3.8) is 0 Å². The van der Waals surface area contributed by atoms with Crippen LogP contribution in [-0.2, 0) is 10.1 Å². The molecule has 22 heavy (non-hydrogen) atoms. The van der Waals surface area contributed by atoms with Gasteiger partial charge in [-0.2, -0.15) is 8.42 Å². The molecule has 0 amide bonds. The summed E-state index contributed by atoms with van der Waals surface area (Å²) in [6.07, 6.45) is 23.5. The van der Waals surface area contributed by atoms with Crippen LogP contribution in [0.1, 0.15) is 71.1 Å². The summed E-state index contributed by atoms with van der Waals surface area (Å²) in [6, 6.07) is 0. The average molecular weight is 329 g/mol. The summed E-state index contributed by atoms with van der Waals surface area (Å²) in [5.41, 5.74) is 0. The molecule has 0 unspecified atom stereocenters. The van der Waals surface area contributed by atoms with E-state index < -0.39 is 10.1 Å². The van der Waals surface area contributed by atoms with Gasteiger partial charge < -0.3 is 0 Å². The van der Waals surface area contributed by atoms with Crippen LogP contribution in [0.25, 0.3) is 0 Å². The first-order valence-electron chi connectivity index (χ1n) is 8.46. The highest BCUT2D eigenvalue weighted by Gasteiger charge is 2.02. The molecule has 0 heterocycles. The Morgan fingerprint density at radius 1 is 0.727 bits per heavy atom. The molecule has 0 saturated carbocycles. The standard InChI is InChI=1S/C18H32O3S/c1-2-3-4-5-6-7-8-9-10-11-12-13-14-15-16-17-18-22(19,20)21/h6-7,9-10,12-13H,2-5,8,11,14-18H2,1H3,(H,19,20,21). The van der Waals surface area contributed by atoms with E-state index in [2.05, 4.69) is 43.4 Å². The van der Waals surface area contributed by atoms with Crippen LogP contribution in [-0.4, -0.2) is 18.7 Å². The Bertz CT molecular complexity index is 420. The molecule has 0 saturated heterocycles. The normalized spacial score (nSPS) is 13.0. The lowest BCUT2D eigenvalue weighted by Crippen LogP contribution is -2.03. The van der Waals surface area contributed by atoms with Crippen LogP contribution in [0.3, 0.4) is 0 Å². The van der Waals surface area contributed by atoms with Gasteiger partial charge in [0.2, 0.25) is 0 Å². The number of hydrogen-bond donors (Lipinski definition) is 1. The second kappa shape index (κ2) is 15.0. The second-order valence-corrected chi connectivity index (χ2v) is 7.09. The predicted octanol–water partition coefficient (Wildman–Crippen LogP) is 5.46. The third-order valence-electron chi connectivity index (χ3n) is 3.29. The Kier molecular flexibility index (Phi) is 14.4. The first kappa shape index (κ1) is 21.1. The maximum atomic E-state index is 10.5. The topological polar surface area (TPSA) is 54.4 Å². The van der Waals surface area contributed by atoms with Crippen molar-refractivity contribution in [2.45, 2.75) is 71.1 Å². The summed E-state index contributed by atoms with van der Waals surface area (Å²) in [5, 5.41) is 0. The molecule has 0 rings (SSSR count). The maximum Gasteiger partial charge on any atom is 0.264 e. The maximum absolute atomic E-state index is 10.5. The van der Waals surface area contributed by atoms with Gasteiger partial charge in [0.1, 0.15) is 0 Å². The molecule has 3 nitrogen and oxygen atoms in total. The van der Waals surface area contributed by atoms with Gasteiger partial charge in [-0.25, -0.2) is 0 Å². The molecule has 0 aromatic carbocycles. The van der Waals surface area contributed by atoms with E-state index in [1.54, 1.807) is 0 Å². The third-order valence-corrected chi connectivity index (χ3v) is 4.10. The minimum atomic E-state index is -3.78. The zero-order valence-corrected chi connectivity index (χ0v) is 14.7. The van der Waals surface area contributed by atoms with Crippen molar-refractivity contribution in [1.29, 1.82) is 0 Å². The van der Waals surface area contributed by atoms with Crippen LogP contribution in [0, 0.1) is 0 Å². The number of hydrogen-bond acceptors (Lipinski definition) is 2. The van der Waals surface area contributed by atoms with Gasteiger partial charge in [0.25, 0.3) is 10.1 Å². The van der Waals surface area contributed by atoms with E-state index in [9.17, 15) is 8.42 Å². The van der Waals surface area contributed by atoms with Crippen molar-refractivity contribution in [3.05, 3.63) is 36.5 Å². The van der Waals surface area contributed by atoms with Gasteiger partial charge in [-0.1, -0.05) is 62.6 Å². The van der Waals surface area contributed by atoms with E-state index in [4.69, 9.17) is 4.55 Å². The van der Waals surface area contributed by atoms with E-state index in [-0.39, 0.29) is 5.75 Å². The van der Waals surface area contributed by atoms with Crippen molar-refractivity contribution in [1.82, 2.24) is 0 Å². The molecule has 0 radical (unpaired) electrons. The first-order chi connectivity index (χ1) is 10.6. The molecule has 0 atom stereocenters. The van der Waals surface area contributed by atoms with Crippen LogP contribution in [0.4, 0.5) is 0 Å². The highest BCUT2D eigenvalue weighted by atomic mass is 32.2. The van der Waals surface area contributed by atoms with Gasteiger partial charge in [0, 0.05) is 0 Å². The molecule has 0 spiro atoms. The number of allylic oxidation sites excluding steroid dienone is 6. The second-order valence-electron chi connectivity index (χ2n) is 5.52. The zero-order valence-electron chi connectivity index (χ0n) is 13.9. The number of rotatable bonds is 14. The minimum absolute atomic E-state index is 0.120. The Balaban J connectivity index is 3.37. The summed E-state index contributed by atoms with van der Waals surface area (Å²) < 4.78 is 29.6. The van der Waals surface area contributed by atoms with Gasteiger partial charge in [-0.05, 0) is 44.9 Å². The summed E-state index contributed by atoms with van der Waals surface area (Å²) >= 11 is 0. The van der Waals surface area contributed by atoms with Gasteiger partial charge in [0.15, 0.2) is 0 Å². The first-order valence-corrected chi connectivity index (χ1v) is 10.1. The van der Waals surface area contributed by atoms with Crippen molar-refractivity contribution in [2.75, 3.05) is 5.75 Å². The Hall–Kier alpha value is -0.870. The molecule has 1 N–H and O–H groups in total. The van der Waals surface area contributed by atoms with Crippen LogP contribution in [0.15, 0.2) is 36.5 Å². The van der Waals surface area contributed by atoms with Gasteiger partial charge in [-0.3, -0.25) is 4.55 Å². The van der Waals surface area contributed by atoms with E-state index in [0.29, 0.717) is 6.42 Å². The van der Waals surface area contributed by atoms with Gasteiger partial charge in [0.05, 0.1) is 5.75 Å². The SMILES string of the molecule is CCCCCC=CCC=CCC=CCCCCCS(=O)(=O)O. The van der Waals surface area contributed by atoms with Crippen LogP contribution in [0.5, 0.6) is 0 Å². The van der Waals surface area contributed by atoms with Crippen molar-refractivity contribution >= 4 is 10.1 Å². The monoisotopic (exact) mass is 328 g/mol. The van der Waals surface area contributed by atoms with E-state index >= 15 is 0 Å². The lowest BCUT2D eigenvalue weighted by atomic mass is 10.2. The molecule has 0 aliphatic heterocycles. The predicted molar refractivity (Wildman–Crippen MR) is 95.7 cm³/mol. The van der Waals surface area contributed by atoms with Crippen molar-refractivity contribution < 1.29 is 13.0 Å². The zero-order chi connectivity index (χ0) is 16.5. The van der Waals surface area contributed by atoms with E-state index in [1.807, 2.05) is 0 Å². The molecule has 4 heteroatoms. The molecule has 0 aromatic heterocycles. The fourth-order valence-electron chi connectivity index (χ4n) is 2.01. The number of unbranched alkanes of at least 4 members (excludes halogenated alkanes) is 6. The van der Waals surface area contributed by atoms with Gasteiger partial charge >= 0.3 is 0 Å². The molecular weight excluding hydrogens is 296 g/mol. The Labute approximate surface area is 137 Å². The Morgan fingerprint density at radius 2 is 1.23 bits per heavy atom. The van der Waals surface area contributed by atoms with E-state index in [0.717, 1.165) is 32.1 Å². The molecule has 0 aliphatic carbocycles. The third kappa shape index (κ3) is 19.1. The molecule has 0 fully saturated rings. The van der Waals surface area contributed by atoms with Crippen molar-refractivity contribution in [2.24, 2.45) is 0 Å². The van der Waals surface area contributed by atoms with Crippen LogP contribution < -0.4 is 0 Å². The largest absolute Gasteiger partial charge is 0.286 e. The molecule has 0 bridgehead atoms.